The van der Waals surface area contributed by atoms with E-state index in [2.05, 4.69) is 15.3 Å². The zero-order chi connectivity index (χ0) is 13.0. The zero-order valence-corrected chi connectivity index (χ0v) is 10.4. The number of nitrogens with zero attached hydrogens (tertiary/aromatic N) is 2. The van der Waals surface area contributed by atoms with Crippen LogP contribution in [-0.2, 0) is 6.54 Å². The van der Waals surface area contributed by atoms with Crippen molar-refractivity contribution in [2.75, 3.05) is 12.4 Å². The summed E-state index contributed by atoms with van der Waals surface area (Å²) >= 11 is 5.86. The zero-order valence-electron chi connectivity index (χ0n) is 9.65. The Morgan fingerprint density at radius 1 is 1.39 bits per heavy atom. The number of nitrogens with one attached hydrogen (secondary N) is 1. The normalized spacial score (nSPS) is 10.2. The molecule has 0 fully saturated rings. The van der Waals surface area contributed by atoms with E-state index in [1.165, 1.54) is 25.6 Å². The van der Waals surface area contributed by atoms with Gasteiger partial charge in [0.2, 0.25) is 0 Å². The number of anilines is 1. The van der Waals surface area contributed by atoms with Crippen LogP contribution < -0.4 is 10.1 Å². The quantitative estimate of drug-likeness (QED) is 0.866. The highest BCUT2D eigenvalue weighted by Crippen LogP contribution is 2.28. The van der Waals surface area contributed by atoms with Gasteiger partial charge in [0.1, 0.15) is 12.1 Å². The Hall–Kier alpha value is -1.88. The predicted molar refractivity (Wildman–Crippen MR) is 67.3 cm³/mol. The van der Waals surface area contributed by atoms with Crippen LogP contribution in [0.1, 0.15) is 5.56 Å². The Morgan fingerprint density at radius 3 is 2.94 bits per heavy atom. The molecule has 2 aromatic rings. The van der Waals surface area contributed by atoms with E-state index in [0.717, 1.165) is 5.56 Å². The molecule has 0 saturated heterocycles. The number of aromatic nitrogens is 2. The van der Waals surface area contributed by atoms with E-state index in [-0.39, 0.29) is 11.0 Å². The standard InChI is InChI=1S/C12H11ClFN3O/c1-18-10-11(13)16-7-17-12(10)15-6-8-3-2-4-9(14)5-8/h2-5,7H,6H2,1H3,(H,15,16,17). The lowest BCUT2D eigenvalue weighted by atomic mass is 10.2. The van der Waals surface area contributed by atoms with Crippen molar-refractivity contribution in [2.45, 2.75) is 6.54 Å². The van der Waals surface area contributed by atoms with Crippen molar-refractivity contribution in [3.63, 3.8) is 0 Å². The predicted octanol–water partition coefficient (Wildman–Crippen LogP) is 2.89. The summed E-state index contributed by atoms with van der Waals surface area (Å²) in [5, 5.41) is 3.25. The topological polar surface area (TPSA) is 47.0 Å². The Balaban J connectivity index is 2.13. The van der Waals surface area contributed by atoms with Crippen molar-refractivity contribution in [2.24, 2.45) is 0 Å². The molecule has 0 spiro atoms. The van der Waals surface area contributed by atoms with E-state index in [1.807, 2.05) is 6.07 Å². The molecule has 0 radical (unpaired) electrons. The molecule has 1 N–H and O–H groups in total. The van der Waals surface area contributed by atoms with Gasteiger partial charge in [-0.1, -0.05) is 23.7 Å². The molecule has 1 aromatic heterocycles. The number of hydrogen-bond donors (Lipinski definition) is 1. The Kier molecular flexibility index (Phi) is 3.94. The minimum atomic E-state index is -0.276. The van der Waals surface area contributed by atoms with Crippen LogP contribution in [-0.4, -0.2) is 17.1 Å². The van der Waals surface area contributed by atoms with Gasteiger partial charge in [-0.15, -0.1) is 0 Å². The summed E-state index contributed by atoms with van der Waals surface area (Å²) in [6, 6.07) is 6.30. The monoisotopic (exact) mass is 267 g/mol. The lowest BCUT2D eigenvalue weighted by Gasteiger charge is -2.10. The molecule has 94 valence electrons. The Morgan fingerprint density at radius 2 is 2.22 bits per heavy atom. The van der Waals surface area contributed by atoms with Gasteiger partial charge in [0.05, 0.1) is 7.11 Å². The number of methoxy groups -OCH3 is 1. The fourth-order valence-corrected chi connectivity index (χ4v) is 1.70. The Labute approximate surface area is 109 Å². The average Bonchev–Trinajstić information content (AvgIpc) is 2.36. The molecule has 0 aliphatic carbocycles. The summed E-state index contributed by atoms with van der Waals surface area (Å²) < 4.78 is 18.1. The first-order chi connectivity index (χ1) is 8.70. The first-order valence-electron chi connectivity index (χ1n) is 5.23. The molecule has 0 atom stereocenters. The van der Waals surface area contributed by atoms with Gasteiger partial charge in [-0.3, -0.25) is 0 Å². The molecule has 6 heteroatoms. The van der Waals surface area contributed by atoms with Crippen molar-refractivity contribution in [3.05, 3.63) is 47.1 Å². The third-order valence-corrected chi connectivity index (χ3v) is 2.58. The van der Waals surface area contributed by atoms with Gasteiger partial charge in [-0.05, 0) is 17.7 Å². The van der Waals surface area contributed by atoms with Gasteiger partial charge < -0.3 is 10.1 Å². The number of halogens is 2. The molecule has 18 heavy (non-hydrogen) atoms. The van der Waals surface area contributed by atoms with Crippen molar-refractivity contribution in [3.8, 4) is 5.75 Å². The third-order valence-electron chi connectivity index (χ3n) is 2.31. The van der Waals surface area contributed by atoms with E-state index in [1.54, 1.807) is 6.07 Å². The molecule has 0 aliphatic heterocycles. The maximum Gasteiger partial charge on any atom is 0.198 e. The molecular weight excluding hydrogens is 257 g/mol. The summed E-state index contributed by atoms with van der Waals surface area (Å²) in [5.74, 6) is 0.569. The first kappa shape index (κ1) is 12.6. The highest BCUT2D eigenvalue weighted by Gasteiger charge is 2.09. The maximum absolute atomic E-state index is 13.0. The summed E-state index contributed by atoms with van der Waals surface area (Å²) in [6.45, 7) is 0.418. The molecule has 0 unspecified atom stereocenters. The van der Waals surface area contributed by atoms with Crippen LogP contribution in [0.3, 0.4) is 0 Å². The van der Waals surface area contributed by atoms with Crippen molar-refractivity contribution >= 4 is 17.4 Å². The van der Waals surface area contributed by atoms with E-state index < -0.39 is 0 Å². The summed E-state index contributed by atoms with van der Waals surface area (Å²) in [6.07, 6.45) is 1.33. The fraction of sp³-hybridized carbons (Fsp3) is 0.167. The van der Waals surface area contributed by atoms with Gasteiger partial charge in [0.15, 0.2) is 16.7 Å². The fourth-order valence-electron chi connectivity index (χ4n) is 1.49. The molecule has 0 bridgehead atoms. The second kappa shape index (κ2) is 5.64. The lowest BCUT2D eigenvalue weighted by Crippen LogP contribution is -2.04. The Bertz CT molecular complexity index is 551. The molecule has 4 nitrogen and oxygen atoms in total. The molecule has 0 saturated carbocycles. The van der Waals surface area contributed by atoms with Crippen LogP contribution in [0.4, 0.5) is 10.2 Å². The third kappa shape index (κ3) is 2.87. The minimum absolute atomic E-state index is 0.231. The van der Waals surface area contributed by atoms with E-state index in [9.17, 15) is 4.39 Å². The van der Waals surface area contributed by atoms with Crippen LogP contribution in [0.2, 0.25) is 5.15 Å². The summed E-state index contributed by atoms with van der Waals surface area (Å²) in [5.41, 5.74) is 0.798. The number of hydrogen-bond acceptors (Lipinski definition) is 4. The summed E-state index contributed by atoms with van der Waals surface area (Å²) in [4.78, 5) is 7.83. The molecule has 1 heterocycles. The molecule has 0 aliphatic rings. The van der Waals surface area contributed by atoms with Gasteiger partial charge in [-0.2, -0.15) is 0 Å². The maximum atomic E-state index is 13.0. The molecule has 2 rings (SSSR count). The van der Waals surface area contributed by atoms with E-state index in [0.29, 0.717) is 18.1 Å². The van der Waals surface area contributed by atoms with Gasteiger partial charge in [0.25, 0.3) is 0 Å². The highest BCUT2D eigenvalue weighted by molar-refractivity contribution is 6.31. The largest absolute Gasteiger partial charge is 0.490 e. The number of rotatable bonds is 4. The number of ether oxygens (including phenoxy) is 1. The van der Waals surface area contributed by atoms with Gasteiger partial charge in [0, 0.05) is 6.54 Å². The van der Waals surface area contributed by atoms with Crippen LogP contribution >= 0.6 is 11.6 Å². The molecule has 0 amide bonds. The van der Waals surface area contributed by atoms with E-state index in [4.69, 9.17) is 16.3 Å². The lowest BCUT2D eigenvalue weighted by molar-refractivity contribution is 0.413. The van der Waals surface area contributed by atoms with Crippen molar-refractivity contribution in [1.29, 1.82) is 0 Å². The van der Waals surface area contributed by atoms with Gasteiger partial charge in [-0.25, -0.2) is 14.4 Å². The van der Waals surface area contributed by atoms with Crippen LogP contribution in [0.15, 0.2) is 30.6 Å². The van der Waals surface area contributed by atoms with Crippen molar-refractivity contribution in [1.82, 2.24) is 9.97 Å². The smallest absolute Gasteiger partial charge is 0.198 e. The second-order valence-corrected chi connectivity index (χ2v) is 3.89. The van der Waals surface area contributed by atoms with Crippen molar-refractivity contribution < 1.29 is 9.13 Å². The van der Waals surface area contributed by atoms with Crippen LogP contribution in [0, 0.1) is 5.82 Å². The van der Waals surface area contributed by atoms with Crippen LogP contribution in [0.25, 0.3) is 0 Å². The highest BCUT2D eigenvalue weighted by atomic mass is 35.5. The minimum Gasteiger partial charge on any atom is -0.490 e. The number of benzene rings is 1. The molecular formula is C12H11ClFN3O. The van der Waals surface area contributed by atoms with Gasteiger partial charge >= 0.3 is 0 Å². The van der Waals surface area contributed by atoms with E-state index >= 15 is 0 Å². The first-order valence-corrected chi connectivity index (χ1v) is 5.61. The SMILES string of the molecule is COc1c(Cl)ncnc1NCc1cccc(F)c1. The van der Waals surface area contributed by atoms with Crippen LogP contribution in [0.5, 0.6) is 5.75 Å². The summed E-state index contributed by atoms with van der Waals surface area (Å²) in [7, 11) is 1.48. The molecule has 1 aromatic carbocycles. The second-order valence-electron chi connectivity index (χ2n) is 3.53. The average molecular weight is 268 g/mol.